The fourth-order valence-corrected chi connectivity index (χ4v) is 9.38. The molecule has 10 heteroatoms. The van der Waals surface area contributed by atoms with Crippen molar-refractivity contribution >= 4 is 15.9 Å². The first-order valence-corrected chi connectivity index (χ1v) is 17.2. The van der Waals surface area contributed by atoms with Gasteiger partial charge in [0, 0.05) is 69.4 Å². The first kappa shape index (κ1) is 29.7. The van der Waals surface area contributed by atoms with Gasteiger partial charge in [-0.05, 0) is 65.4 Å². The van der Waals surface area contributed by atoms with E-state index in [-0.39, 0.29) is 16.7 Å². The number of rotatable bonds is 8. The van der Waals surface area contributed by atoms with E-state index in [1.165, 1.54) is 11.9 Å². The van der Waals surface area contributed by atoms with Crippen LogP contribution in [-0.2, 0) is 16.4 Å². The molecule has 3 aliphatic heterocycles. The summed E-state index contributed by atoms with van der Waals surface area (Å²) < 4.78 is 27.4. The van der Waals surface area contributed by atoms with Crippen LogP contribution < -0.4 is 0 Å². The van der Waals surface area contributed by atoms with Crippen LogP contribution in [0.25, 0.3) is 0 Å². The molecule has 4 aliphatic rings. The zero-order valence-electron chi connectivity index (χ0n) is 25.6. The molecule has 0 bridgehead atoms. The molecular weight excluding hydrogens is 548 g/mol. The van der Waals surface area contributed by atoms with Crippen LogP contribution >= 0.6 is 0 Å². The topological polar surface area (TPSA) is 90.0 Å². The van der Waals surface area contributed by atoms with Crippen LogP contribution in [0.1, 0.15) is 66.8 Å². The van der Waals surface area contributed by atoms with E-state index in [9.17, 15) is 13.2 Å². The zero-order chi connectivity index (χ0) is 29.6. The highest BCUT2D eigenvalue weighted by Gasteiger charge is 2.49. The number of aromatic nitrogens is 2. The van der Waals surface area contributed by atoms with Gasteiger partial charge in [0.25, 0.3) is 5.91 Å². The number of amides is 1. The molecule has 2 atom stereocenters. The molecular formula is C32H46N6O3S. The number of aryl methyl sites for hydroxylation is 2. The molecule has 3 saturated heterocycles. The number of sulfonamides is 1. The Labute approximate surface area is 251 Å². The fraction of sp³-hybridized carbons (Fsp3) is 0.656. The Bertz CT molecular complexity index is 1360. The number of likely N-dealkylation sites (tertiary alicyclic amines) is 1. The summed E-state index contributed by atoms with van der Waals surface area (Å²) >= 11 is 0. The van der Waals surface area contributed by atoms with Crippen LogP contribution in [0.3, 0.4) is 0 Å². The van der Waals surface area contributed by atoms with Crippen molar-refractivity contribution in [2.75, 3.05) is 45.8 Å². The SMILES string of the molecule is Cc1ncnc(C)c1C(=O)N1CCC(C)(N2CCN([C@@H](Cc3ccccc3)C3CN(S(=O)(=O)C4CC4)C3)[C@@H](C)C2)CC1. The number of nitrogens with zero attached hydrogens (tertiary/aromatic N) is 6. The molecule has 0 unspecified atom stereocenters. The standard InChI is InChI=1S/C32H46N6O3S/c1-23-19-36(32(4)12-14-35(15-13-32)31(39)30-24(2)33-22-34-25(30)3)16-17-38(23)29(18-26-8-6-5-7-9-26)27-20-37(21-27)42(40,41)28-10-11-28/h5-9,22-23,27-29H,10-21H2,1-4H3/t23-,29-/m0/s1. The highest BCUT2D eigenvalue weighted by atomic mass is 32.2. The highest BCUT2D eigenvalue weighted by molar-refractivity contribution is 7.90. The molecule has 42 heavy (non-hydrogen) atoms. The van der Waals surface area contributed by atoms with E-state index in [0.717, 1.165) is 76.2 Å². The summed E-state index contributed by atoms with van der Waals surface area (Å²) in [5.74, 6) is 0.402. The third-order valence-corrected chi connectivity index (χ3v) is 12.8. The first-order chi connectivity index (χ1) is 20.1. The fourth-order valence-electron chi connectivity index (χ4n) is 7.43. The molecule has 1 aromatic carbocycles. The molecule has 0 spiro atoms. The Kier molecular flexibility index (Phi) is 8.19. The molecule has 4 fully saturated rings. The number of benzene rings is 1. The Morgan fingerprint density at radius 1 is 0.976 bits per heavy atom. The summed E-state index contributed by atoms with van der Waals surface area (Å²) in [6, 6.07) is 11.3. The van der Waals surface area contributed by atoms with Gasteiger partial charge < -0.3 is 4.90 Å². The molecule has 0 radical (unpaired) electrons. The maximum Gasteiger partial charge on any atom is 0.257 e. The summed E-state index contributed by atoms with van der Waals surface area (Å²) in [6.07, 6.45) is 6.00. The van der Waals surface area contributed by atoms with Gasteiger partial charge in [0.05, 0.1) is 22.2 Å². The van der Waals surface area contributed by atoms with Crippen molar-refractivity contribution in [3.8, 4) is 0 Å². The van der Waals surface area contributed by atoms with Crippen molar-refractivity contribution in [1.29, 1.82) is 0 Å². The highest BCUT2D eigenvalue weighted by Crippen LogP contribution is 2.38. The number of carbonyl (C=O) groups excluding carboxylic acids is 1. The van der Waals surface area contributed by atoms with Gasteiger partial charge in [0.1, 0.15) is 6.33 Å². The average molecular weight is 595 g/mol. The molecule has 1 aliphatic carbocycles. The molecule has 9 nitrogen and oxygen atoms in total. The predicted molar refractivity (Wildman–Crippen MR) is 164 cm³/mol. The third kappa shape index (κ3) is 5.75. The van der Waals surface area contributed by atoms with Crippen LogP contribution in [0.5, 0.6) is 0 Å². The lowest BCUT2D eigenvalue weighted by Crippen LogP contribution is -2.67. The van der Waals surface area contributed by atoms with Gasteiger partial charge in [-0.1, -0.05) is 30.3 Å². The second-order valence-corrected chi connectivity index (χ2v) is 15.5. The van der Waals surface area contributed by atoms with Gasteiger partial charge >= 0.3 is 0 Å². The number of carbonyl (C=O) groups is 1. The summed E-state index contributed by atoms with van der Waals surface area (Å²) in [6.45, 7) is 14.2. The number of hydrogen-bond donors (Lipinski definition) is 0. The number of piperidine rings is 1. The molecule has 228 valence electrons. The molecule has 4 heterocycles. The second kappa shape index (κ2) is 11.6. The first-order valence-electron chi connectivity index (χ1n) is 15.7. The predicted octanol–water partition coefficient (Wildman–Crippen LogP) is 3.13. The van der Waals surface area contributed by atoms with Gasteiger partial charge in [-0.15, -0.1) is 0 Å². The van der Waals surface area contributed by atoms with Gasteiger partial charge in [-0.2, -0.15) is 0 Å². The Morgan fingerprint density at radius 2 is 1.62 bits per heavy atom. The minimum atomic E-state index is -3.11. The molecule has 6 rings (SSSR count). The van der Waals surface area contributed by atoms with Crippen molar-refractivity contribution in [2.24, 2.45) is 5.92 Å². The van der Waals surface area contributed by atoms with E-state index in [1.54, 1.807) is 4.31 Å². The second-order valence-electron chi connectivity index (χ2n) is 13.3. The molecule has 1 saturated carbocycles. The van der Waals surface area contributed by atoms with E-state index in [2.05, 4.69) is 63.9 Å². The van der Waals surface area contributed by atoms with Crippen LogP contribution in [-0.4, -0.2) is 112 Å². The van der Waals surface area contributed by atoms with Gasteiger partial charge in [-0.3, -0.25) is 14.6 Å². The number of hydrogen-bond acceptors (Lipinski definition) is 7. The minimum absolute atomic E-state index is 0.0489. The normalized spacial score (nSPS) is 25.2. The van der Waals surface area contributed by atoms with Crippen molar-refractivity contribution in [2.45, 2.75) is 82.7 Å². The Balaban J connectivity index is 1.10. The quantitative estimate of drug-likeness (QED) is 0.464. The maximum atomic E-state index is 13.4. The van der Waals surface area contributed by atoms with Crippen molar-refractivity contribution in [3.05, 3.63) is 59.2 Å². The molecule has 0 N–H and O–H groups in total. The molecule has 2 aromatic rings. The molecule has 1 amide bonds. The largest absolute Gasteiger partial charge is 0.338 e. The zero-order valence-corrected chi connectivity index (χ0v) is 26.4. The van der Waals surface area contributed by atoms with E-state index >= 15 is 0 Å². The molecule has 1 aromatic heterocycles. The van der Waals surface area contributed by atoms with Crippen molar-refractivity contribution < 1.29 is 13.2 Å². The number of piperazine rings is 1. The summed E-state index contributed by atoms with van der Waals surface area (Å²) in [5.41, 5.74) is 3.51. The summed E-state index contributed by atoms with van der Waals surface area (Å²) in [5, 5.41) is -0.134. The van der Waals surface area contributed by atoms with Crippen LogP contribution in [0, 0.1) is 19.8 Å². The van der Waals surface area contributed by atoms with E-state index in [0.29, 0.717) is 36.7 Å². The van der Waals surface area contributed by atoms with Crippen molar-refractivity contribution in [1.82, 2.24) is 29.0 Å². The van der Waals surface area contributed by atoms with Crippen LogP contribution in [0.2, 0.25) is 0 Å². The van der Waals surface area contributed by atoms with Gasteiger partial charge in [-0.25, -0.2) is 22.7 Å². The van der Waals surface area contributed by atoms with Crippen LogP contribution in [0.4, 0.5) is 0 Å². The van der Waals surface area contributed by atoms with Crippen molar-refractivity contribution in [3.63, 3.8) is 0 Å². The lowest BCUT2D eigenvalue weighted by Gasteiger charge is -2.55. The van der Waals surface area contributed by atoms with E-state index < -0.39 is 10.0 Å². The summed E-state index contributed by atoms with van der Waals surface area (Å²) in [7, 11) is -3.11. The third-order valence-electron chi connectivity index (χ3n) is 10.4. The average Bonchev–Trinajstić information content (AvgIpc) is 3.79. The Morgan fingerprint density at radius 3 is 2.21 bits per heavy atom. The van der Waals surface area contributed by atoms with Gasteiger partial charge in [0.15, 0.2) is 0 Å². The van der Waals surface area contributed by atoms with Crippen LogP contribution in [0.15, 0.2) is 36.7 Å². The lowest BCUT2D eigenvalue weighted by molar-refractivity contribution is -0.0480. The monoisotopic (exact) mass is 594 g/mol. The lowest BCUT2D eigenvalue weighted by atomic mass is 9.84. The maximum absolute atomic E-state index is 13.4. The Hall–Kier alpha value is -2.40. The van der Waals surface area contributed by atoms with E-state index in [4.69, 9.17) is 0 Å². The summed E-state index contributed by atoms with van der Waals surface area (Å²) in [4.78, 5) is 29.2. The van der Waals surface area contributed by atoms with E-state index in [1.807, 2.05) is 18.7 Å². The van der Waals surface area contributed by atoms with Gasteiger partial charge in [0.2, 0.25) is 10.0 Å². The minimum Gasteiger partial charge on any atom is -0.338 e. The smallest absolute Gasteiger partial charge is 0.257 e.